The van der Waals surface area contributed by atoms with Crippen molar-refractivity contribution in [1.82, 2.24) is 4.90 Å². The van der Waals surface area contributed by atoms with Gasteiger partial charge in [0.05, 0.1) is 34.9 Å². The van der Waals surface area contributed by atoms with Gasteiger partial charge in [-0.15, -0.1) is 11.3 Å². The highest BCUT2D eigenvalue weighted by Gasteiger charge is 2.47. The number of likely N-dealkylation sites (tertiary alicyclic amines) is 1. The van der Waals surface area contributed by atoms with Gasteiger partial charge in [-0.1, -0.05) is 41.4 Å². The lowest BCUT2D eigenvalue weighted by Crippen LogP contribution is -2.29. The van der Waals surface area contributed by atoms with Crippen LogP contribution in [0.15, 0.2) is 59.5 Å². The number of ketones is 1. The van der Waals surface area contributed by atoms with Crippen LogP contribution in [0.1, 0.15) is 27.6 Å². The van der Waals surface area contributed by atoms with Gasteiger partial charge in [0.25, 0.3) is 11.7 Å². The predicted octanol–water partition coefficient (Wildman–Crippen LogP) is 6.70. The molecule has 4 rings (SSSR count). The van der Waals surface area contributed by atoms with Crippen molar-refractivity contribution in [3.8, 4) is 5.75 Å². The number of nitrogens with zero attached hydrogens (tertiary/aromatic N) is 1. The molecule has 0 bridgehead atoms. The summed E-state index contributed by atoms with van der Waals surface area (Å²) in [6, 6.07) is 9.54. The average Bonchev–Trinajstić information content (AvgIpc) is 3.41. The Bertz CT molecular complexity index is 1340. The number of hydrogen-bond donors (Lipinski definition) is 1. The van der Waals surface area contributed by atoms with E-state index < -0.39 is 35.2 Å². The second-order valence-corrected chi connectivity index (χ2v) is 9.43. The summed E-state index contributed by atoms with van der Waals surface area (Å²) in [6.45, 7) is -0.290. The average molecular weight is 542 g/mol. The molecule has 1 aliphatic heterocycles. The van der Waals surface area contributed by atoms with Gasteiger partial charge in [-0.2, -0.15) is 13.2 Å². The normalized spacial score (nSPS) is 17.8. The second-order valence-electron chi connectivity index (χ2n) is 7.61. The highest BCUT2D eigenvalue weighted by molar-refractivity contribution is 7.10. The Kier molecular flexibility index (Phi) is 6.86. The number of Topliss-reactive ketones (excluding diaryl/α,β-unsaturated/α-hetero) is 1. The van der Waals surface area contributed by atoms with Gasteiger partial charge in [0.1, 0.15) is 11.5 Å². The number of hydrogen-bond acceptors (Lipinski definition) is 5. The fraction of sp³-hybridized carbons (Fsp3) is 0.167. The molecule has 1 unspecified atom stereocenters. The highest BCUT2D eigenvalue weighted by atomic mass is 35.5. The van der Waals surface area contributed by atoms with Crippen LogP contribution in [0.25, 0.3) is 5.76 Å². The molecular formula is C24H16Cl2F3NO4S. The Morgan fingerprint density at radius 2 is 1.89 bits per heavy atom. The maximum atomic E-state index is 13.2. The lowest BCUT2D eigenvalue weighted by Gasteiger charge is -2.24. The minimum absolute atomic E-state index is 0.00336. The molecule has 0 saturated carbocycles. The van der Waals surface area contributed by atoms with Crippen molar-refractivity contribution in [2.24, 2.45) is 0 Å². The van der Waals surface area contributed by atoms with Crippen molar-refractivity contribution in [3.63, 3.8) is 0 Å². The van der Waals surface area contributed by atoms with Crippen molar-refractivity contribution in [2.75, 3.05) is 7.11 Å². The number of thiophene rings is 1. The van der Waals surface area contributed by atoms with E-state index in [-0.39, 0.29) is 39.0 Å². The van der Waals surface area contributed by atoms with E-state index in [0.29, 0.717) is 4.88 Å². The molecule has 1 aliphatic rings. The van der Waals surface area contributed by atoms with Crippen LogP contribution in [0.4, 0.5) is 13.2 Å². The highest BCUT2D eigenvalue weighted by Crippen LogP contribution is 2.45. The van der Waals surface area contributed by atoms with Crippen molar-refractivity contribution >= 4 is 52.0 Å². The van der Waals surface area contributed by atoms with Crippen LogP contribution in [-0.2, 0) is 22.3 Å². The fourth-order valence-corrected chi connectivity index (χ4v) is 5.33. The molecule has 1 N–H and O–H groups in total. The molecule has 2 aromatic carbocycles. The smallest absolute Gasteiger partial charge is 0.416 e. The molecule has 1 aromatic heterocycles. The summed E-state index contributed by atoms with van der Waals surface area (Å²) >= 11 is 13.5. The molecule has 0 aliphatic carbocycles. The molecule has 0 spiro atoms. The lowest BCUT2D eigenvalue weighted by molar-refractivity contribution is -0.140. The van der Waals surface area contributed by atoms with Gasteiger partial charge in [-0.3, -0.25) is 9.59 Å². The third-order valence-electron chi connectivity index (χ3n) is 5.43. The standard InChI is InChI=1S/C24H16Cl2F3NO4S/c1-34-22-15(9-14(25)10-16(22)26)20(31)18-19(17-6-3-7-35-17)30(23(33)21(18)32)11-12-4-2-5-13(8-12)24(27,28)29/h2-10,19,31H,11H2,1H3/b20-18-. The number of aliphatic hydroxyl groups excluding tert-OH is 1. The van der Waals surface area contributed by atoms with Crippen molar-refractivity contribution in [1.29, 1.82) is 0 Å². The van der Waals surface area contributed by atoms with Gasteiger partial charge < -0.3 is 14.7 Å². The Hall–Kier alpha value is -3.01. The summed E-state index contributed by atoms with van der Waals surface area (Å²) in [5.41, 5.74) is -0.950. The summed E-state index contributed by atoms with van der Waals surface area (Å²) < 4.78 is 44.9. The first-order chi connectivity index (χ1) is 16.5. The van der Waals surface area contributed by atoms with Gasteiger partial charge in [0, 0.05) is 16.4 Å². The molecule has 0 radical (unpaired) electrons. The van der Waals surface area contributed by atoms with E-state index in [2.05, 4.69) is 0 Å². The van der Waals surface area contributed by atoms with Crippen LogP contribution in [0, 0.1) is 0 Å². The van der Waals surface area contributed by atoms with Gasteiger partial charge in [-0.05, 0) is 41.3 Å². The lowest BCUT2D eigenvalue weighted by atomic mass is 9.99. The first-order valence-electron chi connectivity index (χ1n) is 10.0. The second kappa shape index (κ2) is 9.56. The molecule has 2 heterocycles. The van der Waals surface area contributed by atoms with Crippen LogP contribution < -0.4 is 4.74 Å². The molecule has 1 amide bonds. The van der Waals surface area contributed by atoms with E-state index in [9.17, 15) is 27.9 Å². The Morgan fingerprint density at radius 3 is 2.51 bits per heavy atom. The monoisotopic (exact) mass is 541 g/mol. The van der Waals surface area contributed by atoms with E-state index in [1.165, 1.54) is 42.7 Å². The third-order valence-corrected chi connectivity index (χ3v) is 6.85. The molecule has 182 valence electrons. The third kappa shape index (κ3) is 4.76. The molecular weight excluding hydrogens is 526 g/mol. The summed E-state index contributed by atoms with van der Waals surface area (Å²) in [5.74, 6) is -2.47. The van der Waals surface area contributed by atoms with Gasteiger partial charge in [-0.25, -0.2) is 0 Å². The Labute approximate surface area is 212 Å². The van der Waals surface area contributed by atoms with Crippen LogP contribution in [0.2, 0.25) is 10.0 Å². The van der Waals surface area contributed by atoms with E-state index in [1.807, 2.05) is 0 Å². The topological polar surface area (TPSA) is 66.8 Å². The summed E-state index contributed by atoms with van der Waals surface area (Å²) in [5, 5.41) is 13.2. The van der Waals surface area contributed by atoms with Crippen molar-refractivity contribution in [3.05, 3.63) is 91.1 Å². The zero-order valence-electron chi connectivity index (χ0n) is 17.9. The summed E-state index contributed by atoms with van der Waals surface area (Å²) in [7, 11) is 1.31. The number of carbonyl (C=O) groups is 2. The fourth-order valence-electron chi connectivity index (χ4n) is 3.92. The molecule has 35 heavy (non-hydrogen) atoms. The van der Waals surface area contributed by atoms with Crippen molar-refractivity contribution < 1.29 is 32.6 Å². The molecule has 3 aromatic rings. The number of alkyl halides is 3. The quantitative estimate of drug-likeness (QED) is 0.221. The van der Waals surface area contributed by atoms with E-state index in [0.717, 1.165) is 17.0 Å². The SMILES string of the molecule is COc1c(Cl)cc(Cl)cc1/C(O)=C1/C(=O)C(=O)N(Cc2cccc(C(F)(F)F)c2)C1c1cccs1. The van der Waals surface area contributed by atoms with Gasteiger partial charge in [0.15, 0.2) is 0 Å². The largest absolute Gasteiger partial charge is 0.507 e. The van der Waals surface area contributed by atoms with Crippen LogP contribution in [0.5, 0.6) is 5.75 Å². The first kappa shape index (κ1) is 25.1. The number of ether oxygens (including phenoxy) is 1. The number of halogens is 5. The number of aliphatic hydroxyl groups is 1. The maximum absolute atomic E-state index is 13.2. The van der Waals surface area contributed by atoms with Crippen molar-refractivity contribution in [2.45, 2.75) is 18.8 Å². The van der Waals surface area contributed by atoms with E-state index in [1.54, 1.807) is 17.5 Å². The van der Waals surface area contributed by atoms with Gasteiger partial charge >= 0.3 is 6.18 Å². The molecule has 1 atom stereocenters. The van der Waals surface area contributed by atoms with Crippen LogP contribution in [0.3, 0.4) is 0 Å². The van der Waals surface area contributed by atoms with E-state index >= 15 is 0 Å². The summed E-state index contributed by atoms with van der Waals surface area (Å²) in [6.07, 6.45) is -4.57. The zero-order valence-corrected chi connectivity index (χ0v) is 20.2. The molecule has 5 nitrogen and oxygen atoms in total. The number of rotatable bonds is 5. The maximum Gasteiger partial charge on any atom is 0.416 e. The van der Waals surface area contributed by atoms with Crippen LogP contribution in [-0.4, -0.2) is 28.8 Å². The summed E-state index contributed by atoms with van der Waals surface area (Å²) in [4.78, 5) is 27.9. The minimum atomic E-state index is -4.57. The molecule has 1 saturated heterocycles. The zero-order chi connectivity index (χ0) is 25.5. The number of methoxy groups -OCH3 is 1. The number of amides is 1. The first-order valence-corrected chi connectivity index (χ1v) is 11.7. The number of carbonyl (C=O) groups excluding carboxylic acids is 2. The minimum Gasteiger partial charge on any atom is -0.507 e. The Balaban J connectivity index is 1.86. The Morgan fingerprint density at radius 1 is 1.14 bits per heavy atom. The predicted molar refractivity (Wildman–Crippen MR) is 127 cm³/mol. The van der Waals surface area contributed by atoms with Gasteiger partial charge in [0.2, 0.25) is 0 Å². The molecule has 11 heteroatoms. The number of benzene rings is 2. The van der Waals surface area contributed by atoms with E-state index in [4.69, 9.17) is 27.9 Å². The molecule has 1 fully saturated rings. The van der Waals surface area contributed by atoms with Crippen LogP contribution >= 0.6 is 34.5 Å².